The maximum atomic E-state index is 13.7. The van der Waals surface area contributed by atoms with Gasteiger partial charge in [-0.1, -0.05) is 48.0 Å². The van der Waals surface area contributed by atoms with E-state index in [1.165, 1.54) is 29.9 Å². The van der Waals surface area contributed by atoms with Crippen LogP contribution in [0, 0.1) is 6.92 Å². The van der Waals surface area contributed by atoms with Crippen LogP contribution >= 0.6 is 15.9 Å². The van der Waals surface area contributed by atoms with Gasteiger partial charge in [-0.2, -0.15) is 4.31 Å². The van der Waals surface area contributed by atoms with E-state index in [1.54, 1.807) is 31.2 Å². The molecule has 1 heterocycles. The van der Waals surface area contributed by atoms with Crippen LogP contribution in [0.25, 0.3) is 0 Å². The highest BCUT2D eigenvalue weighted by molar-refractivity contribution is 9.10. The molecule has 0 aliphatic heterocycles. The fourth-order valence-electron chi connectivity index (χ4n) is 3.84. The Bertz CT molecular complexity index is 1450. The molecule has 11 heteroatoms. The molecule has 37 heavy (non-hydrogen) atoms. The first kappa shape index (κ1) is 28.3. The van der Waals surface area contributed by atoms with Gasteiger partial charge in [0.05, 0.1) is 47.4 Å². The van der Waals surface area contributed by atoms with Crippen LogP contribution in [0.3, 0.4) is 0 Å². The van der Waals surface area contributed by atoms with Crippen molar-refractivity contribution in [3.8, 4) is 0 Å². The fraction of sp³-hybridized carbons (Fsp3) is 0.269. The molecule has 1 atom stereocenters. The van der Waals surface area contributed by atoms with Gasteiger partial charge in [-0.3, -0.25) is 9.59 Å². The number of sulfonamides is 1. The lowest BCUT2D eigenvalue weighted by molar-refractivity contribution is -0.140. The summed E-state index contributed by atoms with van der Waals surface area (Å²) in [7, 11) is -1.92. The van der Waals surface area contributed by atoms with Crippen molar-refractivity contribution in [2.24, 2.45) is 0 Å². The van der Waals surface area contributed by atoms with Crippen LogP contribution in [-0.2, 0) is 30.8 Å². The molecule has 1 unspecified atom stereocenters. The highest BCUT2D eigenvalue weighted by Crippen LogP contribution is 2.26. The number of nitrogens with zero attached hydrogens (tertiary/aromatic N) is 2. The third-order valence-corrected chi connectivity index (χ3v) is 8.26. The largest absolute Gasteiger partial charge is 0.468 e. The van der Waals surface area contributed by atoms with E-state index in [0.717, 1.165) is 22.5 Å². The van der Waals surface area contributed by atoms with E-state index in [0.29, 0.717) is 0 Å². The molecule has 0 fully saturated rings. The van der Waals surface area contributed by atoms with E-state index in [2.05, 4.69) is 15.9 Å². The van der Waals surface area contributed by atoms with Crippen molar-refractivity contribution < 1.29 is 27.5 Å². The molecule has 196 valence electrons. The van der Waals surface area contributed by atoms with E-state index in [4.69, 9.17) is 9.47 Å². The molecule has 0 saturated heterocycles. The molecule has 0 radical (unpaired) electrons. The van der Waals surface area contributed by atoms with Gasteiger partial charge in [0.1, 0.15) is 6.54 Å². The number of aromatic nitrogens is 1. The van der Waals surface area contributed by atoms with Gasteiger partial charge < -0.3 is 14.0 Å². The first-order valence-corrected chi connectivity index (χ1v) is 13.4. The number of methoxy groups -OCH3 is 2. The normalized spacial score (nSPS) is 12.3. The predicted octanol–water partition coefficient (Wildman–Crippen LogP) is 3.68. The number of esters is 2. The number of aryl methyl sites for hydroxylation is 1. The smallest absolute Gasteiger partial charge is 0.339 e. The number of carbonyl (C=O) groups is 2. The van der Waals surface area contributed by atoms with Crippen LogP contribution in [0.5, 0.6) is 0 Å². The van der Waals surface area contributed by atoms with Crippen molar-refractivity contribution in [2.75, 3.05) is 20.8 Å². The second-order valence-electron chi connectivity index (χ2n) is 8.27. The van der Waals surface area contributed by atoms with Crippen LogP contribution < -0.4 is 5.56 Å². The maximum absolute atomic E-state index is 13.7. The molecule has 0 aliphatic carbocycles. The minimum absolute atomic E-state index is 0.0225. The number of hydrogen-bond acceptors (Lipinski definition) is 7. The van der Waals surface area contributed by atoms with Gasteiger partial charge in [-0.05, 0) is 53.5 Å². The van der Waals surface area contributed by atoms with E-state index >= 15 is 0 Å². The molecular weight excluding hydrogens is 564 g/mol. The molecule has 0 spiro atoms. The summed E-state index contributed by atoms with van der Waals surface area (Å²) < 4.78 is 39.3. The van der Waals surface area contributed by atoms with Gasteiger partial charge in [-0.15, -0.1) is 0 Å². The van der Waals surface area contributed by atoms with Crippen LogP contribution in [0.2, 0.25) is 0 Å². The first-order valence-electron chi connectivity index (χ1n) is 11.2. The minimum atomic E-state index is -4.25. The van der Waals surface area contributed by atoms with Crippen molar-refractivity contribution >= 4 is 37.9 Å². The molecule has 9 nitrogen and oxygen atoms in total. The number of halogens is 1. The Kier molecular flexibility index (Phi) is 9.06. The molecule has 2 aromatic carbocycles. The zero-order valence-corrected chi connectivity index (χ0v) is 23.2. The van der Waals surface area contributed by atoms with Crippen molar-refractivity contribution in [3.63, 3.8) is 0 Å². The summed E-state index contributed by atoms with van der Waals surface area (Å²) >= 11 is 3.22. The standard InChI is InChI=1S/C26H27BrN2O7S/c1-17-10-12-20(13-11-17)37(33,34)28(16-24(30)35-3)15-23-21(26(32)36-4)14-22(27)25(31)29(23)18(2)19-8-6-5-7-9-19/h5-14,18H,15-16H2,1-4H3. The molecule has 0 amide bonds. The highest BCUT2D eigenvalue weighted by atomic mass is 79.9. The Labute approximate surface area is 223 Å². The SMILES string of the molecule is COC(=O)CN(Cc1c(C(=O)OC)cc(Br)c(=O)n1C(C)c1ccccc1)S(=O)(=O)c1ccc(C)cc1. The average Bonchev–Trinajstić information content (AvgIpc) is 2.90. The van der Waals surface area contributed by atoms with E-state index < -0.39 is 46.7 Å². The number of benzene rings is 2. The summed E-state index contributed by atoms with van der Waals surface area (Å²) in [5.41, 5.74) is 1.16. The van der Waals surface area contributed by atoms with Crippen molar-refractivity contribution in [1.82, 2.24) is 8.87 Å². The molecule has 0 saturated carbocycles. The number of rotatable bonds is 9. The lowest BCUT2D eigenvalue weighted by Crippen LogP contribution is -2.39. The Morgan fingerprint density at radius 2 is 1.65 bits per heavy atom. The zero-order chi connectivity index (χ0) is 27.3. The molecule has 0 N–H and O–H groups in total. The maximum Gasteiger partial charge on any atom is 0.339 e. The third-order valence-electron chi connectivity index (χ3n) is 5.89. The summed E-state index contributed by atoms with van der Waals surface area (Å²) in [6.07, 6.45) is 0. The quantitative estimate of drug-likeness (QED) is 0.349. The Morgan fingerprint density at radius 1 is 1.03 bits per heavy atom. The number of hydrogen-bond donors (Lipinski definition) is 0. The Hall–Kier alpha value is -3.28. The number of carbonyl (C=O) groups excluding carboxylic acids is 2. The van der Waals surface area contributed by atoms with Crippen LogP contribution in [0.4, 0.5) is 0 Å². The van der Waals surface area contributed by atoms with Crippen molar-refractivity contribution in [2.45, 2.75) is 31.3 Å². The summed E-state index contributed by atoms with van der Waals surface area (Å²) in [5, 5.41) is 0. The van der Waals surface area contributed by atoms with E-state index in [1.807, 2.05) is 25.1 Å². The lowest BCUT2D eigenvalue weighted by Gasteiger charge is -2.27. The number of pyridine rings is 1. The average molecular weight is 591 g/mol. The second-order valence-corrected chi connectivity index (χ2v) is 11.1. The molecule has 3 aromatic rings. The predicted molar refractivity (Wildman–Crippen MR) is 141 cm³/mol. The second kappa shape index (κ2) is 11.8. The first-order chi connectivity index (χ1) is 17.5. The van der Waals surface area contributed by atoms with Crippen molar-refractivity contribution in [1.29, 1.82) is 0 Å². The van der Waals surface area contributed by atoms with Gasteiger partial charge >= 0.3 is 11.9 Å². The Balaban J connectivity index is 2.27. The number of ether oxygens (including phenoxy) is 2. The topological polar surface area (TPSA) is 112 Å². The molecule has 0 aliphatic rings. The van der Waals surface area contributed by atoms with E-state index in [9.17, 15) is 22.8 Å². The summed E-state index contributed by atoms with van der Waals surface area (Å²) in [4.78, 5) is 38.4. The molecule has 0 bridgehead atoms. The van der Waals surface area contributed by atoms with Gasteiger partial charge in [0.2, 0.25) is 10.0 Å². The zero-order valence-electron chi connectivity index (χ0n) is 20.8. The van der Waals surface area contributed by atoms with Gasteiger partial charge in [0.25, 0.3) is 5.56 Å². The summed E-state index contributed by atoms with van der Waals surface area (Å²) in [6.45, 7) is 2.45. The van der Waals surface area contributed by atoms with Crippen molar-refractivity contribution in [3.05, 3.63) is 97.9 Å². The molecular formula is C26H27BrN2O7S. The Morgan fingerprint density at radius 3 is 2.22 bits per heavy atom. The van der Waals surface area contributed by atoms with E-state index in [-0.39, 0.29) is 20.6 Å². The summed E-state index contributed by atoms with van der Waals surface area (Å²) in [6, 6.07) is 15.9. The third kappa shape index (κ3) is 6.17. The highest BCUT2D eigenvalue weighted by Gasteiger charge is 2.32. The minimum Gasteiger partial charge on any atom is -0.468 e. The van der Waals surface area contributed by atoms with Crippen LogP contribution in [0.15, 0.2) is 74.8 Å². The van der Waals surface area contributed by atoms with Gasteiger partial charge in [0, 0.05) is 0 Å². The fourth-order valence-corrected chi connectivity index (χ4v) is 5.60. The van der Waals surface area contributed by atoms with Gasteiger partial charge in [-0.25, -0.2) is 13.2 Å². The monoisotopic (exact) mass is 590 g/mol. The molecule has 1 aromatic heterocycles. The molecule has 3 rings (SSSR count). The lowest BCUT2D eigenvalue weighted by atomic mass is 10.1. The van der Waals surface area contributed by atoms with Crippen LogP contribution in [0.1, 0.15) is 40.1 Å². The van der Waals surface area contributed by atoms with Gasteiger partial charge in [0.15, 0.2) is 0 Å². The van der Waals surface area contributed by atoms with Crippen LogP contribution in [-0.4, -0.2) is 50.0 Å². The summed E-state index contributed by atoms with van der Waals surface area (Å²) in [5.74, 6) is -1.58.